The summed E-state index contributed by atoms with van der Waals surface area (Å²) in [6.07, 6.45) is 9.86. The van der Waals surface area contributed by atoms with Crippen LogP contribution in [0, 0.1) is 5.92 Å². The van der Waals surface area contributed by atoms with Gasteiger partial charge in [-0.2, -0.15) is 0 Å². The second-order valence-corrected chi connectivity index (χ2v) is 7.22. The second kappa shape index (κ2) is 7.39. The number of aldehydes is 1. The number of ketones is 1. The van der Waals surface area contributed by atoms with Crippen molar-refractivity contribution in [3.8, 4) is 0 Å². The number of hydrogen-bond acceptors (Lipinski definition) is 3. The number of allylic oxidation sites excluding steroid dienone is 5. The third-order valence-electron chi connectivity index (χ3n) is 5.11. The van der Waals surface area contributed by atoms with Crippen LogP contribution < -0.4 is 0 Å². The molecule has 0 unspecified atom stereocenters. The third-order valence-corrected chi connectivity index (χ3v) is 5.11. The Morgan fingerprint density at radius 3 is 2.78 bits per heavy atom. The lowest BCUT2D eigenvalue weighted by atomic mass is 9.88. The molecule has 0 radical (unpaired) electrons. The van der Waals surface area contributed by atoms with E-state index in [4.69, 9.17) is 4.74 Å². The molecule has 0 spiro atoms. The van der Waals surface area contributed by atoms with Gasteiger partial charge in [0.15, 0.2) is 5.78 Å². The summed E-state index contributed by atoms with van der Waals surface area (Å²) in [5.74, 6) is -0.192. The summed E-state index contributed by atoms with van der Waals surface area (Å²) in [5, 5.41) is 0. The Balaban J connectivity index is 2.18. The Morgan fingerprint density at radius 1 is 1.39 bits per heavy atom. The van der Waals surface area contributed by atoms with Gasteiger partial charge in [0.25, 0.3) is 0 Å². The molecule has 1 heterocycles. The lowest BCUT2D eigenvalue weighted by Crippen LogP contribution is -2.15. The smallest absolute Gasteiger partial charge is 0.163 e. The topological polar surface area (TPSA) is 46.7 Å². The maximum absolute atomic E-state index is 12.5. The zero-order valence-electron chi connectivity index (χ0n) is 14.6. The van der Waals surface area contributed by atoms with Gasteiger partial charge in [-0.3, -0.25) is 9.59 Å². The zero-order valence-corrected chi connectivity index (χ0v) is 14.6. The molecule has 126 valence electrons. The molecular formula is C20H28O3. The normalized spacial score (nSPS) is 37.4. The van der Waals surface area contributed by atoms with Crippen LogP contribution in [0.25, 0.3) is 0 Å². The minimum absolute atomic E-state index is 0.00364. The molecule has 1 saturated heterocycles. The number of fused-ring (bicyclic) bond motifs is 1. The van der Waals surface area contributed by atoms with Crippen molar-refractivity contribution in [2.75, 3.05) is 0 Å². The van der Waals surface area contributed by atoms with E-state index < -0.39 is 0 Å². The molecule has 0 N–H and O–H groups in total. The highest BCUT2D eigenvalue weighted by molar-refractivity contribution is 5.97. The number of carbonyl (C=O) groups excluding carboxylic acids is 2. The molecule has 2 rings (SSSR count). The first kappa shape index (κ1) is 17.9. The van der Waals surface area contributed by atoms with Crippen LogP contribution in [0.5, 0.6) is 0 Å². The van der Waals surface area contributed by atoms with Crippen molar-refractivity contribution in [3.63, 3.8) is 0 Å². The van der Waals surface area contributed by atoms with Crippen LogP contribution in [0.2, 0.25) is 0 Å². The van der Waals surface area contributed by atoms with Gasteiger partial charge in [-0.05, 0) is 70.9 Å². The summed E-state index contributed by atoms with van der Waals surface area (Å²) in [7, 11) is 0. The molecule has 0 amide bonds. The minimum Gasteiger partial charge on any atom is -0.366 e. The van der Waals surface area contributed by atoms with Gasteiger partial charge >= 0.3 is 0 Å². The van der Waals surface area contributed by atoms with Crippen LogP contribution >= 0.6 is 0 Å². The average molecular weight is 316 g/mol. The maximum Gasteiger partial charge on any atom is 0.163 e. The van der Waals surface area contributed by atoms with E-state index in [1.165, 1.54) is 11.6 Å². The molecule has 0 bridgehead atoms. The fraction of sp³-hybridized carbons (Fsp3) is 0.600. The summed E-state index contributed by atoms with van der Waals surface area (Å²) < 4.78 is 5.82. The maximum atomic E-state index is 12.5. The molecule has 1 fully saturated rings. The van der Waals surface area contributed by atoms with Crippen LogP contribution in [-0.4, -0.2) is 23.8 Å². The van der Waals surface area contributed by atoms with Crippen molar-refractivity contribution >= 4 is 12.1 Å². The van der Waals surface area contributed by atoms with Crippen LogP contribution in [0.3, 0.4) is 0 Å². The Kier molecular flexibility index (Phi) is 5.74. The van der Waals surface area contributed by atoms with Crippen molar-refractivity contribution in [2.24, 2.45) is 5.92 Å². The molecule has 3 atom stereocenters. The van der Waals surface area contributed by atoms with Gasteiger partial charge < -0.3 is 4.74 Å². The van der Waals surface area contributed by atoms with Crippen molar-refractivity contribution < 1.29 is 14.3 Å². The van der Waals surface area contributed by atoms with Crippen LogP contribution in [0.1, 0.15) is 59.3 Å². The Hall–Kier alpha value is -1.48. The van der Waals surface area contributed by atoms with Crippen molar-refractivity contribution in [2.45, 2.75) is 71.0 Å². The summed E-state index contributed by atoms with van der Waals surface area (Å²) in [6, 6.07) is 0. The summed E-state index contributed by atoms with van der Waals surface area (Å²) >= 11 is 0. The fourth-order valence-corrected chi connectivity index (χ4v) is 3.33. The zero-order chi connectivity index (χ0) is 17.0. The van der Waals surface area contributed by atoms with Gasteiger partial charge in [-0.25, -0.2) is 0 Å². The molecule has 1 aliphatic heterocycles. The highest BCUT2D eigenvalue weighted by Gasteiger charge is 2.50. The van der Waals surface area contributed by atoms with Crippen LogP contribution in [0.15, 0.2) is 35.5 Å². The van der Waals surface area contributed by atoms with E-state index in [0.29, 0.717) is 12.0 Å². The van der Waals surface area contributed by atoms with E-state index in [1.807, 2.05) is 6.92 Å². The first-order valence-electron chi connectivity index (χ1n) is 8.54. The molecule has 0 aromatic rings. The van der Waals surface area contributed by atoms with Gasteiger partial charge in [0.1, 0.15) is 6.29 Å². The number of ether oxygens (including phenoxy) is 1. The minimum atomic E-state index is -0.196. The summed E-state index contributed by atoms with van der Waals surface area (Å²) in [5.41, 5.74) is 2.69. The summed E-state index contributed by atoms with van der Waals surface area (Å²) in [4.78, 5) is 23.8. The highest BCUT2D eigenvalue weighted by atomic mass is 16.6. The van der Waals surface area contributed by atoms with E-state index in [2.05, 4.69) is 26.5 Å². The van der Waals surface area contributed by atoms with Crippen LogP contribution in [-0.2, 0) is 14.3 Å². The summed E-state index contributed by atoms with van der Waals surface area (Å²) in [6.45, 7) is 10.1. The largest absolute Gasteiger partial charge is 0.366 e. The SMILES string of the molecule is C=C(C)[C@H]1CC/C(C)=C/CC[C@]2(C)O[C@@H]2CC/C(C=O)=C\C1=O. The molecule has 0 saturated carbocycles. The lowest BCUT2D eigenvalue weighted by Gasteiger charge is -2.15. The van der Waals surface area contributed by atoms with Gasteiger partial charge in [0.2, 0.25) is 0 Å². The van der Waals surface area contributed by atoms with Crippen LogP contribution in [0.4, 0.5) is 0 Å². The van der Waals surface area contributed by atoms with Crippen molar-refractivity contribution in [1.29, 1.82) is 0 Å². The molecule has 1 aliphatic carbocycles. The van der Waals surface area contributed by atoms with Gasteiger partial charge in [0.05, 0.1) is 11.7 Å². The van der Waals surface area contributed by atoms with Crippen molar-refractivity contribution in [1.82, 2.24) is 0 Å². The highest BCUT2D eigenvalue weighted by Crippen LogP contribution is 2.43. The Morgan fingerprint density at radius 2 is 2.13 bits per heavy atom. The lowest BCUT2D eigenvalue weighted by molar-refractivity contribution is -0.117. The third kappa shape index (κ3) is 4.74. The van der Waals surface area contributed by atoms with Gasteiger partial charge in [0, 0.05) is 5.92 Å². The first-order chi connectivity index (χ1) is 10.9. The molecular weight excluding hydrogens is 288 g/mol. The number of hydrogen-bond donors (Lipinski definition) is 0. The van der Waals surface area contributed by atoms with E-state index in [1.54, 1.807) is 0 Å². The predicted octanol–water partition coefficient (Wildman–Crippen LogP) is 4.33. The predicted molar refractivity (Wildman–Crippen MR) is 92.2 cm³/mol. The molecule has 0 aromatic heterocycles. The molecule has 2 aliphatic rings. The number of epoxide rings is 1. The van der Waals surface area contributed by atoms with E-state index in [-0.39, 0.29) is 23.4 Å². The Bertz CT molecular complexity index is 555. The van der Waals surface area contributed by atoms with E-state index in [0.717, 1.165) is 44.0 Å². The first-order valence-corrected chi connectivity index (χ1v) is 8.54. The molecule has 3 heteroatoms. The van der Waals surface area contributed by atoms with E-state index in [9.17, 15) is 9.59 Å². The van der Waals surface area contributed by atoms with E-state index >= 15 is 0 Å². The standard InChI is InChI=1S/C20H28O3/c1-14(2)17-9-7-15(3)6-5-11-20(4)19(23-20)10-8-16(13-21)12-18(17)22/h6,12-13,17,19H,1,5,7-11H2,2-4H3/b15-6+,16-12+/t17-,19-,20+/m1/s1. The fourth-order valence-electron chi connectivity index (χ4n) is 3.33. The number of rotatable bonds is 2. The number of carbonyl (C=O) groups is 2. The quantitative estimate of drug-likeness (QED) is 0.433. The molecule has 0 aromatic carbocycles. The monoisotopic (exact) mass is 316 g/mol. The second-order valence-electron chi connectivity index (χ2n) is 7.22. The Labute approximate surface area is 139 Å². The van der Waals surface area contributed by atoms with Crippen molar-refractivity contribution in [3.05, 3.63) is 35.5 Å². The van der Waals surface area contributed by atoms with Gasteiger partial charge in [-0.15, -0.1) is 0 Å². The molecule has 3 nitrogen and oxygen atoms in total. The molecule has 23 heavy (non-hydrogen) atoms. The average Bonchev–Trinajstić information content (AvgIpc) is 3.13. The van der Waals surface area contributed by atoms with Gasteiger partial charge in [-0.1, -0.05) is 23.8 Å².